The van der Waals surface area contributed by atoms with E-state index in [9.17, 15) is 0 Å². The zero-order valence-corrected chi connectivity index (χ0v) is 11.4. The molecule has 0 heterocycles. The standard InChI is InChI=1S/C15H24N2O/c1-11-7-9-12(10-8-11)15(17-16)13-5-3-4-6-14(13)18-2/h3-6,11-12,15,17H,7-10,16H2,1-2H3. The summed E-state index contributed by atoms with van der Waals surface area (Å²) in [6, 6.07) is 8.37. The van der Waals surface area contributed by atoms with E-state index in [1.165, 1.54) is 31.2 Å². The number of hydrogen-bond acceptors (Lipinski definition) is 3. The molecule has 0 radical (unpaired) electrons. The summed E-state index contributed by atoms with van der Waals surface area (Å²) in [6.07, 6.45) is 5.10. The molecule has 0 amide bonds. The summed E-state index contributed by atoms with van der Waals surface area (Å²) >= 11 is 0. The molecule has 1 unspecified atom stereocenters. The van der Waals surface area contributed by atoms with Crippen LogP contribution in [0.4, 0.5) is 0 Å². The maximum absolute atomic E-state index is 5.79. The van der Waals surface area contributed by atoms with Crippen LogP contribution in [0, 0.1) is 11.8 Å². The van der Waals surface area contributed by atoms with Gasteiger partial charge in [0.1, 0.15) is 5.75 Å². The van der Waals surface area contributed by atoms with Gasteiger partial charge in [0.25, 0.3) is 0 Å². The van der Waals surface area contributed by atoms with E-state index >= 15 is 0 Å². The lowest BCUT2D eigenvalue weighted by Crippen LogP contribution is -2.35. The fourth-order valence-corrected chi connectivity index (χ4v) is 3.02. The van der Waals surface area contributed by atoms with Gasteiger partial charge in [-0.2, -0.15) is 0 Å². The maximum Gasteiger partial charge on any atom is 0.123 e. The van der Waals surface area contributed by atoms with Gasteiger partial charge in [0.2, 0.25) is 0 Å². The summed E-state index contributed by atoms with van der Waals surface area (Å²) in [7, 11) is 1.72. The summed E-state index contributed by atoms with van der Waals surface area (Å²) in [6.45, 7) is 2.34. The summed E-state index contributed by atoms with van der Waals surface area (Å²) < 4.78 is 5.44. The molecule has 1 saturated carbocycles. The highest BCUT2D eigenvalue weighted by Gasteiger charge is 2.28. The van der Waals surface area contributed by atoms with Crippen LogP contribution < -0.4 is 16.0 Å². The van der Waals surface area contributed by atoms with Crippen LogP contribution in [0.1, 0.15) is 44.2 Å². The first kappa shape index (κ1) is 13.4. The van der Waals surface area contributed by atoms with Crippen molar-refractivity contribution in [3.8, 4) is 5.75 Å². The highest BCUT2D eigenvalue weighted by molar-refractivity contribution is 5.36. The molecule has 3 heteroatoms. The van der Waals surface area contributed by atoms with E-state index in [0.29, 0.717) is 5.92 Å². The number of hydrogen-bond donors (Lipinski definition) is 2. The van der Waals surface area contributed by atoms with Crippen LogP contribution in [-0.4, -0.2) is 7.11 Å². The molecular weight excluding hydrogens is 224 g/mol. The quantitative estimate of drug-likeness (QED) is 0.636. The number of ether oxygens (including phenoxy) is 1. The van der Waals surface area contributed by atoms with Gasteiger partial charge in [-0.15, -0.1) is 0 Å². The van der Waals surface area contributed by atoms with E-state index in [0.717, 1.165) is 11.7 Å². The van der Waals surface area contributed by atoms with Crippen molar-refractivity contribution in [1.82, 2.24) is 5.43 Å². The Kier molecular flexibility index (Phi) is 4.61. The Bertz CT molecular complexity index is 373. The van der Waals surface area contributed by atoms with E-state index in [1.807, 2.05) is 18.2 Å². The predicted octanol–water partition coefficient (Wildman–Crippen LogP) is 3.03. The molecule has 0 saturated heterocycles. The number of hydrazine groups is 1. The Balaban J connectivity index is 2.17. The first-order chi connectivity index (χ1) is 8.76. The molecule has 0 bridgehead atoms. The first-order valence-corrected chi connectivity index (χ1v) is 6.85. The van der Waals surface area contributed by atoms with Gasteiger partial charge in [-0.1, -0.05) is 38.0 Å². The van der Waals surface area contributed by atoms with Gasteiger partial charge in [0, 0.05) is 5.56 Å². The lowest BCUT2D eigenvalue weighted by molar-refractivity contribution is 0.229. The number of nitrogens with one attached hydrogen (secondary N) is 1. The van der Waals surface area contributed by atoms with Crippen molar-refractivity contribution in [2.45, 2.75) is 38.6 Å². The molecule has 1 aliphatic carbocycles. The molecule has 1 atom stereocenters. The van der Waals surface area contributed by atoms with Crippen molar-refractivity contribution in [2.24, 2.45) is 17.7 Å². The van der Waals surface area contributed by atoms with Crippen LogP contribution >= 0.6 is 0 Å². The Morgan fingerprint density at radius 2 is 1.89 bits per heavy atom. The predicted molar refractivity (Wildman–Crippen MR) is 74.2 cm³/mol. The first-order valence-electron chi connectivity index (χ1n) is 6.85. The third-order valence-electron chi connectivity index (χ3n) is 4.19. The van der Waals surface area contributed by atoms with Crippen molar-refractivity contribution < 1.29 is 4.74 Å². The average Bonchev–Trinajstić information content (AvgIpc) is 2.42. The van der Waals surface area contributed by atoms with Crippen molar-refractivity contribution in [1.29, 1.82) is 0 Å². The summed E-state index contributed by atoms with van der Waals surface area (Å²) in [4.78, 5) is 0. The van der Waals surface area contributed by atoms with E-state index in [4.69, 9.17) is 10.6 Å². The third kappa shape index (κ3) is 2.85. The minimum Gasteiger partial charge on any atom is -0.496 e. The molecule has 3 N–H and O–H groups in total. The SMILES string of the molecule is COc1ccccc1C(NN)C1CCC(C)CC1. The fourth-order valence-electron chi connectivity index (χ4n) is 3.02. The Labute approximate surface area is 110 Å². The molecule has 1 aromatic carbocycles. The van der Waals surface area contributed by atoms with Crippen LogP contribution in [0.25, 0.3) is 0 Å². The highest BCUT2D eigenvalue weighted by atomic mass is 16.5. The second kappa shape index (κ2) is 6.21. The minimum absolute atomic E-state index is 0.202. The van der Waals surface area contributed by atoms with Crippen molar-refractivity contribution in [3.63, 3.8) is 0 Å². The van der Waals surface area contributed by atoms with Crippen LogP contribution in [-0.2, 0) is 0 Å². The Morgan fingerprint density at radius 3 is 2.50 bits per heavy atom. The molecule has 18 heavy (non-hydrogen) atoms. The third-order valence-corrected chi connectivity index (χ3v) is 4.19. The van der Waals surface area contributed by atoms with Crippen LogP contribution in [0.2, 0.25) is 0 Å². The molecular formula is C15H24N2O. The second-order valence-corrected chi connectivity index (χ2v) is 5.41. The smallest absolute Gasteiger partial charge is 0.123 e. The number of methoxy groups -OCH3 is 1. The van der Waals surface area contributed by atoms with Crippen molar-refractivity contribution >= 4 is 0 Å². The van der Waals surface area contributed by atoms with Crippen LogP contribution in [0.5, 0.6) is 5.75 Å². The normalized spacial score (nSPS) is 25.7. The maximum atomic E-state index is 5.79. The molecule has 0 spiro atoms. The molecule has 1 aromatic rings. The lowest BCUT2D eigenvalue weighted by atomic mass is 9.77. The average molecular weight is 248 g/mol. The molecule has 1 fully saturated rings. The van der Waals surface area contributed by atoms with Gasteiger partial charge in [-0.05, 0) is 30.7 Å². The number of para-hydroxylation sites is 1. The topological polar surface area (TPSA) is 47.3 Å². The molecule has 0 aliphatic heterocycles. The number of nitrogens with two attached hydrogens (primary N) is 1. The molecule has 2 rings (SSSR count). The highest BCUT2D eigenvalue weighted by Crippen LogP contribution is 2.38. The summed E-state index contributed by atoms with van der Waals surface area (Å²) in [5, 5.41) is 0. The largest absolute Gasteiger partial charge is 0.496 e. The van der Waals surface area contributed by atoms with E-state index in [2.05, 4.69) is 18.4 Å². The fraction of sp³-hybridized carbons (Fsp3) is 0.600. The van der Waals surface area contributed by atoms with Crippen LogP contribution in [0.15, 0.2) is 24.3 Å². The summed E-state index contributed by atoms with van der Waals surface area (Å²) in [5.74, 6) is 8.19. The Morgan fingerprint density at radius 1 is 1.22 bits per heavy atom. The zero-order valence-electron chi connectivity index (χ0n) is 11.4. The minimum atomic E-state index is 0.202. The van der Waals surface area contributed by atoms with Gasteiger partial charge < -0.3 is 4.74 Å². The van der Waals surface area contributed by atoms with Crippen molar-refractivity contribution in [2.75, 3.05) is 7.11 Å². The van der Waals surface area contributed by atoms with E-state index < -0.39 is 0 Å². The van der Waals surface area contributed by atoms with Crippen LogP contribution in [0.3, 0.4) is 0 Å². The van der Waals surface area contributed by atoms with E-state index in [-0.39, 0.29) is 6.04 Å². The monoisotopic (exact) mass is 248 g/mol. The lowest BCUT2D eigenvalue weighted by Gasteiger charge is -2.33. The molecule has 3 nitrogen and oxygen atoms in total. The van der Waals surface area contributed by atoms with Gasteiger partial charge >= 0.3 is 0 Å². The van der Waals surface area contributed by atoms with Gasteiger partial charge in [-0.3, -0.25) is 11.3 Å². The molecule has 0 aromatic heterocycles. The van der Waals surface area contributed by atoms with Crippen molar-refractivity contribution in [3.05, 3.63) is 29.8 Å². The number of rotatable bonds is 4. The van der Waals surface area contributed by atoms with Gasteiger partial charge in [-0.25, -0.2) is 0 Å². The van der Waals surface area contributed by atoms with Gasteiger partial charge in [0.15, 0.2) is 0 Å². The second-order valence-electron chi connectivity index (χ2n) is 5.41. The molecule has 100 valence electrons. The summed E-state index contributed by atoms with van der Waals surface area (Å²) in [5.41, 5.74) is 4.18. The Hall–Kier alpha value is -1.06. The van der Waals surface area contributed by atoms with Gasteiger partial charge in [0.05, 0.1) is 13.2 Å². The van der Waals surface area contributed by atoms with E-state index in [1.54, 1.807) is 7.11 Å². The zero-order chi connectivity index (χ0) is 13.0. The number of benzene rings is 1. The molecule has 1 aliphatic rings.